The Labute approximate surface area is 101 Å². The molecule has 0 fully saturated rings. The van der Waals surface area contributed by atoms with E-state index in [0.717, 1.165) is 19.5 Å². The molecule has 2 rings (SSSR count). The van der Waals surface area contributed by atoms with Crippen molar-refractivity contribution in [1.29, 1.82) is 0 Å². The maximum Gasteiger partial charge on any atom is 0.0946 e. The van der Waals surface area contributed by atoms with E-state index in [0.29, 0.717) is 6.04 Å². The lowest BCUT2D eigenvalue weighted by molar-refractivity contribution is 0.476. The molecular weight excluding hydrogens is 214 g/mol. The zero-order chi connectivity index (χ0) is 12.1. The summed E-state index contributed by atoms with van der Waals surface area (Å²) in [6.45, 7) is 4.10. The van der Waals surface area contributed by atoms with Gasteiger partial charge < -0.3 is 9.88 Å². The summed E-state index contributed by atoms with van der Waals surface area (Å²) in [5, 5.41) is 7.65. The first-order valence-corrected chi connectivity index (χ1v) is 5.91. The van der Waals surface area contributed by atoms with Crippen LogP contribution < -0.4 is 5.32 Å². The Bertz CT molecular complexity index is 431. The van der Waals surface area contributed by atoms with Gasteiger partial charge in [0.2, 0.25) is 0 Å². The van der Waals surface area contributed by atoms with Gasteiger partial charge in [-0.15, -0.1) is 0 Å². The molecule has 5 heteroatoms. The van der Waals surface area contributed by atoms with Crippen molar-refractivity contribution in [2.24, 2.45) is 7.05 Å². The first kappa shape index (κ1) is 11.9. The van der Waals surface area contributed by atoms with Crippen molar-refractivity contribution in [2.75, 3.05) is 6.54 Å². The number of nitrogens with zero attached hydrogens (tertiary/aromatic N) is 4. The van der Waals surface area contributed by atoms with Gasteiger partial charge in [0.1, 0.15) is 0 Å². The Morgan fingerprint density at radius 1 is 1.41 bits per heavy atom. The van der Waals surface area contributed by atoms with Crippen LogP contribution in [-0.2, 0) is 20.0 Å². The van der Waals surface area contributed by atoms with Crippen molar-refractivity contribution in [3.63, 3.8) is 0 Å². The Hall–Kier alpha value is -1.62. The normalized spacial score (nSPS) is 12.8. The maximum atomic E-state index is 4.15. The van der Waals surface area contributed by atoms with E-state index in [-0.39, 0.29) is 0 Å². The van der Waals surface area contributed by atoms with Crippen LogP contribution in [0.1, 0.15) is 12.6 Å². The van der Waals surface area contributed by atoms with E-state index in [1.165, 1.54) is 5.69 Å². The highest BCUT2D eigenvalue weighted by Gasteiger charge is 2.03. The van der Waals surface area contributed by atoms with E-state index in [1.807, 2.05) is 36.6 Å². The van der Waals surface area contributed by atoms with E-state index >= 15 is 0 Å². The molecule has 0 aliphatic carbocycles. The minimum atomic E-state index is 0.442. The molecular formula is C12H19N5. The lowest BCUT2D eigenvalue weighted by atomic mass is 10.2. The van der Waals surface area contributed by atoms with Gasteiger partial charge in [-0.2, -0.15) is 5.10 Å². The zero-order valence-corrected chi connectivity index (χ0v) is 10.4. The zero-order valence-electron chi connectivity index (χ0n) is 10.4. The van der Waals surface area contributed by atoms with Crippen LogP contribution in [0.15, 0.2) is 31.0 Å². The lowest BCUT2D eigenvalue weighted by Gasteiger charge is -2.14. The molecule has 0 radical (unpaired) electrons. The standard InChI is InChI=1S/C12H19N5/c1-11(9-17-8-7-13-10-17)14-5-3-12-4-6-15-16(12)2/h4,6-8,10-11,14H,3,5,9H2,1-2H3. The molecule has 0 spiro atoms. The van der Waals surface area contributed by atoms with Crippen LogP contribution in [0.5, 0.6) is 0 Å². The maximum absolute atomic E-state index is 4.15. The van der Waals surface area contributed by atoms with Crippen LogP contribution in [0.4, 0.5) is 0 Å². The average molecular weight is 233 g/mol. The summed E-state index contributed by atoms with van der Waals surface area (Å²) in [6, 6.07) is 2.50. The monoisotopic (exact) mass is 233 g/mol. The molecule has 1 unspecified atom stereocenters. The van der Waals surface area contributed by atoms with Crippen molar-refractivity contribution in [1.82, 2.24) is 24.6 Å². The smallest absolute Gasteiger partial charge is 0.0946 e. The molecule has 0 aliphatic rings. The van der Waals surface area contributed by atoms with Crippen LogP contribution in [0.3, 0.4) is 0 Å². The SMILES string of the molecule is CC(Cn1ccnc1)NCCc1ccnn1C. The molecule has 0 aromatic carbocycles. The predicted octanol–water partition coefficient (Wildman–Crippen LogP) is 0.837. The summed E-state index contributed by atoms with van der Waals surface area (Å²) >= 11 is 0. The average Bonchev–Trinajstić information content (AvgIpc) is 2.91. The number of hydrogen-bond acceptors (Lipinski definition) is 3. The summed E-state index contributed by atoms with van der Waals surface area (Å²) < 4.78 is 4.00. The van der Waals surface area contributed by atoms with E-state index < -0.39 is 0 Å². The third kappa shape index (κ3) is 3.42. The number of aryl methyl sites for hydroxylation is 1. The minimum absolute atomic E-state index is 0.442. The first-order chi connectivity index (χ1) is 8.25. The second kappa shape index (κ2) is 5.63. The van der Waals surface area contributed by atoms with Gasteiger partial charge in [0.05, 0.1) is 6.33 Å². The van der Waals surface area contributed by atoms with Gasteiger partial charge in [-0.1, -0.05) is 0 Å². The fourth-order valence-electron chi connectivity index (χ4n) is 1.87. The first-order valence-electron chi connectivity index (χ1n) is 5.91. The number of hydrogen-bond donors (Lipinski definition) is 1. The van der Waals surface area contributed by atoms with Gasteiger partial charge in [0, 0.05) is 56.9 Å². The number of aromatic nitrogens is 4. The highest BCUT2D eigenvalue weighted by atomic mass is 15.3. The van der Waals surface area contributed by atoms with Crippen LogP contribution >= 0.6 is 0 Å². The van der Waals surface area contributed by atoms with Crippen molar-refractivity contribution < 1.29 is 0 Å². The molecule has 17 heavy (non-hydrogen) atoms. The summed E-state index contributed by atoms with van der Waals surface area (Å²) in [4.78, 5) is 4.03. The molecule has 0 saturated carbocycles. The molecule has 5 nitrogen and oxygen atoms in total. The van der Waals surface area contributed by atoms with Crippen LogP contribution in [0.2, 0.25) is 0 Å². The molecule has 1 N–H and O–H groups in total. The molecule has 2 aromatic rings. The van der Waals surface area contributed by atoms with Crippen molar-refractivity contribution in [2.45, 2.75) is 25.9 Å². The van der Waals surface area contributed by atoms with Crippen molar-refractivity contribution >= 4 is 0 Å². The highest BCUT2D eigenvalue weighted by Crippen LogP contribution is 1.97. The van der Waals surface area contributed by atoms with Gasteiger partial charge in [-0.05, 0) is 13.0 Å². The molecule has 2 heterocycles. The third-order valence-electron chi connectivity index (χ3n) is 2.84. The largest absolute Gasteiger partial charge is 0.336 e. The number of imidazole rings is 1. The fraction of sp³-hybridized carbons (Fsp3) is 0.500. The summed E-state index contributed by atoms with van der Waals surface area (Å²) in [5.41, 5.74) is 1.26. The Balaban J connectivity index is 1.70. The summed E-state index contributed by atoms with van der Waals surface area (Å²) in [6.07, 6.45) is 8.48. The van der Waals surface area contributed by atoms with Gasteiger partial charge in [-0.3, -0.25) is 4.68 Å². The molecule has 92 valence electrons. The topological polar surface area (TPSA) is 47.7 Å². The second-order valence-electron chi connectivity index (χ2n) is 4.31. The van der Waals surface area contributed by atoms with E-state index in [9.17, 15) is 0 Å². The van der Waals surface area contributed by atoms with Gasteiger partial charge in [0.25, 0.3) is 0 Å². The van der Waals surface area contributed by atoms with Crippen LogP contribution in [-0.4, -0.2) is 31.9 Å². The Morgan fingerprint density at radius 3 is 2.94 bits per heavy atom. The molecule has 0 aliphatic heterocycles. The number of nitrogens with one attached hydrogen (secondary N) is 1. The minimum Gasteiger partial charge on any atom is -0.336 e. The third-order valence-corrected chi connectivity index (χ3v) is 2.84. The summed E-state index contributed by atoms with van der Waals surface area (Å²) in [5.74, 6) is 0. The quantitative estimate of drug-likeness (QED) is 0.804. The van der Waals surface area contributed by atoms with E-state index in [4.69, 9.17) is 0 Å². The molecule has 0 saturated heterocycles. The van der Waals surface area contributed by atoms with Gasteiger partial charge in [-0.25, -0.2) is 4.98 Å². The molecule has 0 bridgehead atoms. The van der Waals surface area contributed by atoms with Gasteiger partial charge in [0.15, 0.2) is 0 Å². The highest BCUT2D eigenvalue weighted by molar-refractivity contribution is 5.00. The van der Waals surface area contributed by atoms with Crippen LogP contribution in [0, 0.1) is 0 Å². The second-order valence-corrected chi connectivity index (χ2v) is 4.31. The van der Waals surface area contributed by atoms with Crippen LogP contribution in [0.25, 0.3) is 0 Å². The van der Waals surface area contributed by atoms with E-state index in [2.05, 4.69) is 33.0 Å². The predicted molar refractivity (Wildman–Crippen MR) is 66.6 cm³/mol. The molecule has 2 aromatic heterocycles. The molecule has 1 atom stereocenters. The fourth-order valence-corrected chi connectivity index (χ4v) is 1.87. The van der Waals surface area contributed by atoms with Crippen molar-refractivity contribution in [3.05, 3.63) is 36.7 Å². The van der Waals surface area contributed by atoms with Crippen molar-refractivity contribution in [3.8, 4) is 0 Å². The van der Waals surface area contributed by atoms with Gasteiger partial charge >= 0.3 is 0 Å². The Morgan fingerprint density at radius 2 is 2.29 bits per heavy atom. The lowest BCUT2D eigenvalue weighted by Crippen LogP contribution is -2.32. The van der Waals surface area contributed by atoms with E-state index in [1.54, 1.807) is 0 Å². The molecule has 0 amide bonds. The number of rotatable bonds is 6. The summed E-state index contributed by atoms with van der Waals surface area (Å²) in [7, 11) is 1.98. The Kier molecular flexibility index (Phi) is 3.93.